The van der Waals surface area contributed by atoms with E-state index in [0.717, 1.165) is 55.5 Å². The summed E-state index contributed by atoms with van der Waals surface area (Å²) in [5.74, 6) is 1.97. The van der Waals surface area contributed by atoms with Crippen molar-refractivity contribution in [3.8, 4) is 0 Å². The van der Waals surface area contributed by atoms with Gasteiger partial charge in [0, 0.05) is 39.8 Å². The Balaban J connectivity index is 1.46. The molecule has 3 heterocycles. The van der Waals surface area contributed by atoms with Gasteiger partial charge in [-0.05, 0) is 36.6 Å². The molecule has 0 radical (unpaired) electrons. The summed E-state index contributed by atoms with van der Waals surface area (Å²) in [6.45, 7) is 7.57. The Morgan fingerprint density at radius 1 is 1.15 bits per heavy atom. The van der Waals surface area contributed by atoms with Crippen LogP contribution in [0.5, 0.6) is 0 Å². The van der Waals surface area contributed by atoms with Crippen LogP contribution in [0.25, 0.3) is 11.0 Å². The maximum atomic E-state index is 4.88. The Morgan fingerprint density at radius 2 is 1.96 bits per heavy atom. The van der Waals surface area contributed by atoms with Crippen molar-refractivity contribution < 1.29 is 0 Å². The molecule has 1 aromatic carbocycles. The molecule has 0 aliphatic carbocycles. The van der Waals surface area contributed by atoms with Crippen molar-refractivity contribution in [2.45, 2.75) is 13.5 Å². The minimum atomic E-state index is 0.582. The van der Waals surface area contributed by atoms with Crippen molar-refractivity contribution >= 4 is 33.3 Å². The lowest BCUT2D eigenvalue weighted by atomic mass is 10.3. The van der Waals surface area contributed by atoms with Crippen molar-refractivity contribution in [2.24, 2.45) is 12.0 Å². The third-order valence-corrected chi connectivity index (χ3v) is 5.91. The minimum absolute atomic E-state index is 0.582. The summed E-state index contributed by atoms with van der Waals surface area (Å²) in [5, 5.41) is 6.95. The van der Waals surface area contributed by atoms with Crippen molar-refractivity contribution in [3.63, 3.8) is 0 Å². The van der Waals surface area contributed by atoms with Crippen LogP contribution in [0.2, 0.25) is 0 Å². The van der Waals surface area contributed by atoms with Crippen LogP contribution in [0.1, 0.15) is 12.7 Å². The molecular weight excluding hydrogens is 356 g/mol. The second-order valence-electron chi connectivity index (χ2n) is 6.67. The first-order valence-electron chi connectivity index (χ1n) is 9.48. The van der Waals surface area contributed by atoms with Crippen LogP contribution in [0, 0.1) is 0 Å². The average molecular weight is 383 g/mol. The van der Waals surface area contributed by atoms with Crippen LogP contribution in [-0.4, -0.2) is 53.1 Å². The number of hydrogen-bond acceptors (Lipinski definition) is 4. The number of nitrogens with zero attached hydrogens (tertiary/aromatic N) is 5. The largest absolute Gasteiger partial charge is 0.360 e. The van der Waals surface area contributed by atoms with E-state index in [9.17, 15) is 0 Å². The van der Waals surface area contributed by atoms with Crippen LogP contribution in [0.4, 0.5) is 5.00 Å². The number of guanidine groups is 1. The highest BCUT2D eigenvalue weighted by Crippen LogP contribution is 2.22. The van der Waals surface area contributed by atoms with Gasteiger partial charge in [0.2, 0.25) is 0 Å². The van der Waals surface area contributed by atoms with Gasteiger partial charge in [-0.1, -0.05) is 12.1 Å². The van der Waals surface area contributed by atoms with E-state index in [-0.39, 0.29) is 0 Å². The molecular formula is C20H26N6S. The molecule has 1 saturated heterocycles. The molecule has 0 bridgehead atoms. The number of thiophene rings is 1. The quantitative estimate of drug-likeness (QED) is 0.557. The number of fused-ring (bicyclic) bond motifs is 1. The van der Waals surface area contributed by atoms with E-state index in [0.29, 0.717) is 6.54 Å². The molecule has 1 N–H and O–H groups in total. The summed E-state index contributed by atoms with van der Waals surface area (Å²) >= 11 is 1.81. The van der Waals surface area contributed by atoms with E-state index in [1.54, 1.807) is 0 Å². The molecule has 27 heavy (non-hydrogen) atoms. The van der Waals surface area contributed by atoms with E-state index < -0.39 is 0 Å². The molecule has 1 aliphatic heterocycles. The third-order valence-electron chi connectivity index (χ3n) is 4.98. The van der Waals surface area contributed by atoms with Crippen molar-refractivity contribution in [3.05, 3.63) is 47.6 Å². The lowest BCUT2D eigenvalue weighted by molar-refractivity contribution is 0.373. The van der Waals surface area contributed by atoms with Gasteiger partial charge in [-0.15, -0.1) is 11.3 Å². The number of nitrogens with one attached hydrogen (secondary N) is 1. The molecule has 3 aromatic rings. The zero-order valence-corrected chi connectivity index (χ0v) is 16.7. The zero-order valence-electron chi connectivity index (χ0n) is 15.9. The van der Waals surface area contributed by atoms with E-state index in [1.165, 1.54) is 5.00 Å². The van der Waals surface area contributed by atoms with Gasteiger partial charge in [0.05, 0.1) is 16.0 Å². The lowest BCUT2D eigenvalue weighted by Crippen LogP contribution is -2.52. The normalized spacial score (nSPS) is 15.6. The van der Waals surface area contributed by atoms with Crippen LogP contribution >= 0.6 is 11.3 Å². The van der Waals surface area contributed by atoms with Crippen LogP contribution < -0.4 is 10.2 Å². The van der Waals surface area contributed by atoms with Crippen molar-refractivity contribution in [1.82, 2.24) is 19.8 Å². The molecule has 0 atom stereocenters. The number of rotatable bonds is 4. The number of anilines is 1. The highest BCUT2D eigenvalue weighted by molar-refractivity contribution is 7.14. The maximum absolute atomic E-state index is 4.88. The fraction of sp³-hybridized carbons (Fsp3) is 0.400. The van der Waals surface area contributed by atoms with Crippen LogP contribution in [0.15, 0.2) is 46.8 Å². The van der Waals surface area contributed by atoms with Gasteiger partial charge in [-0.3, -0.25) is 0 Å². The SMILES string of the molecule is CCNC(=NCc1nc2ccccc2n1C)N1CCN(c2cccs2)CC1. The van der Waals surface area contributed by atoms with Gasteiger partial charge < -0.3 is 19.7 Å². The number of imidazole rings is 1. The Kier molecular flexibility index (Phi) is 5.29. The lowest BCUT2D eigenvalue weighted by Gasteiger charge is -2.37. The second kappa shape index (κ2) is 8.00. The molecule has 142 valence electrons. The van der Waals surface area contributed by atoms with Crippen LogP contribution in [-0.2, 0) is 13.6 Å². The standard InChI is InChI=1S/C20H26N6S/c1-3-21-20(26-12-10-25(11-13-26)19-9-6-14-27-19)22-15-18-23-16-7-4-5-8-17(16)24(18)2/h4-9,14H,3,10-13,15H2,1-2H3,(H,21,22). The maximum Gasteiger partial charge on any atom is 0.194 e. The first-order chi connectivity index (χ1) is 13.3. The van der Waals surface area contributed by atoms with Gasteiger partial charge in [0.25, 0.3) is 0 Å². The number of hydrogen-bond donors (Lipinski definition) is 1. The molecule has 0 unspecified atom stereocenters. The first kappa shape index (κ1) is 17.9. The number of piperazine rings is 1. The number of benzene rings is 1. The molecule has 6 nitrogen and oxygen atoms in total. The Morgan fingerprint density at radius 3 is 2.67 bits per heavy atom. The molecule has 7 heteroatoms. The highest BCUT2D eigenvalue weighted by atomic mass is 32.1. The molecule has 1 aliphatic rings. The van der Waals surface area contributed by atoms with Gasteiger partial charge in [-0.2, -0.15) is 0 Å². The predicted octanol–water partition coefficient (Wildman–Crippen LogP) is 2.92. The summed E-state index contributed by atoms with van der Waals surface area (Å²) < 4.78 is 2.14. The number of aromatic nitrogens is 2. The monoisotopic (exact) mass is 382 g/mol. The van der Waals surface area contributed by atoms with Crippen LogP contribution in [0.3, 0.4) is 0 Å². The van der Waals surface area contributed by atoms with E-state index in [2.05, 4.69) is 63.3 Å². The molecule has 0 spiro atoms. The van der Waals surface area contributed by atoms with E-state index in [1.807, 2.05) is 23.5 Å². The number of aliphatic imine (C=N–C) groups is 1. The number of para-hydroxylation sites is 2. The Hall–Kier alpha value is -2.54. The number of aryl methyl sites for hydroxylation is 1. The smallest absolute Gasteiger partial charge is 0.194 e. The summed E-state index contributed by atoms with van der Waals surface area (Å²) in [7, 11) is 2.06. The predicted molar refractivity (Wildman–Crippen MR) is 114 cm³/mol. The summed E-state index contributed by atoms with van der Waals surface area (Å²) in [6.07, 6.45) is 0. The fourth-order valence-corrected chi connectivity index (χ4v) is 4.28. The summed E-state index contributed by atoms with van der Waals surface area (Å²) in [6, 6.07) is 12.6. The molecule has 4 rings (SSSR count). The van der Waals surface area contributed by atoms with Gasteiger partial charge in [0.15, 0.2) is 5.96 Å². The molecule has 2 aromatic heterocycles. The zero-order chi connectivity index (χ0) is 18.6. The highest BCUT2D eigenvalue weighted by Gasteiger charge is 2.20. The van der Waals surface area contributed by atoms with Gasteiger partial charge in [-0.25, -0.2) is 9.98 Å². The summed E-state index contributed by atoms with van der Waals surface area (Å²) in [4.78, 5) is 14.4. The molecule has 1 fully saturated rings. The molecule has 0 saturated carbocycles. The van der Waals surface area contributed by atoms with Crippen molar-refractivity contribution in [2.75, 3.05) is 37.6 Å². The van der Waals surface area contributed by atoms with Crippen molar-refractivity contribution in [1.29, 1.82) is 0 Å². The topological polar surface area (TPSA) is 48.7 Å². The van der Waals surface area contributed by atoms with Gasteiger partial charge >= 0.3 is 0 Å². The molecule has 0 amide bonds. The summed E-state index contributed by atoms with van der Waals surface area (Å²) in [5.41, 5.74) is 2.18. The fourth-order valence-electron chi connectivity index (χ4n) is 3.50. The average Bonchev–Trinajstić information content (AvgIpc) is 3.34. The Labute approximate surface area is 164 Å². The van der Waals surface area contributed by atoms with Gasteiger partial charge in [0.1, 0.15) is 12.4 Å². The second-order valence-corrected chi connectivity index (χ2v) is 7.60. The van der Waals surface area contributed by atoms with E-state index in [4.69, 9.17) is 9.98 Å². The first-order valence-corrected chi connectivity index (χ1v) is 10.4. The van der Waals surface area contributed by atoms with E-state index >= 15 is 0 Å². The minimum Gasteiger partial charge on any atom is -0.360 e. The Bertz CT molecular complexity index is 906. The third kappa shape index (κ3) is 3.78.